The van der Waals surface area contributed by atoms with E-state index in [2.05, 4.69) is 18.3 Å². The van der Waals surface area contributed by atoms with Gasteiger partial charge in [0.1, 0.15) is 0 Å². The normalized spacial score (nSPS) is 15.0. The Hall–Kier alpha value is -3.40. The van der Waals surface area contributed by atoms with Gasteiger partial charge in [0, 0.05) is 30.3 Å². The lowest BCUT2D eigenvalue weighted by Gasteiger charge is -2.23. The highest BCUT2D eigenvalue weighted by Gasteiger charge is 2.31. The lowest BCUT2D eigenvalue weighted by molar-refractivity contribution is -0.121. The van der Waals surface area contributed by atoms with Crippen molar-refractivity contribution in [1.29, 1.82) is 0 Å². The first-order valence-electron chi connectivity index (χ1n) is 10.4. The Bertz CT molecular complexity index is 1030. The fourth-order valence-corrected chi connectivity index (χ4v) is 3.98. The lowest BCUT2D eigenvalue weighted by Crippen LogP contribution is -2.35. The van der Waals surface area contributed by atoms with Crippen molar-refractivity contribution in [2.24, 2.45) is 0 Å². The highest BCUT2D eigenvalue weighted by Crippen LogP contribution is 2.34. The van der Waals surface area contributed by atoms with Gasteiger partial charge >= 0.3 is 0 Å². The average Bonchev–Trinajstić information content (AvgIpc) is 3.12. The van der Waals surface area contributed by atoms with Gasteiger partial charge in [0.25, 0.3) is 5.91 Å². The van der Waals surface area contributed by atoms with Crippen LogP contribution in [0.4, 0.5) is 5.69 Å². The Labute approximate surface area is 177 Å². The quantitative estimate of drug-likeness (QED) is 0.663. The van der Waals surface area contributed by atoms with Crippen molar-refractivity contribution in [2.75, 3.05) is 4.90 Å². The molecule has 0 saturated carbocycles. The average molecular weight is 399 g/mol. The maximum atomic E-state index is 13.1. The Morgan fingerprint density at radius 2 is 1.63 bits per heavy atom. The molecule has 2 amide bonds. The van der Waals surface area contributed by atoms with Crippen molar-refractivity contribution in [3.63, 3.8) is 0 Å². The molecule has 4 nitrogen and oxygen atoms in total. The van der Waals surface area contributed by atoms with Gasteiger partial charge in [0.2, 0.25) is 5.91 Å². The monoisotopic (exact) mass is 398 g/mol. The van der Waals surface area contributed by atoms with Gasteiger partial charge in [-0.05, 0) is 54.7 Å². The summed E-state index contributed by atoms with van der Waals surface area (Å²) >= 11 is 0. The molecule has 0 spiro atoms. The van der Waals surface area contributed by atoms with Crippen LogP contribution in [0.2, 0.25) is 0 Å². The van der Waals surface area contributed by atoms with Gasteiger partial charge in [-0.3, -0.25) is 9.59 Å². The minimum absolute atomic E-state index is 0.0193. The second kappa shape index (κ2) is 8.95. The summed E-state index contributed by atoms with van der Waals surface area (Å²) in [6.45, 7) is 2.54. The van der Waals surface area contributed by atoms with Crippen LogP contribution in [-0.4, -0.2) is 17.9 Å². The summed E-state index contributed by atoms with van der Waals surface area (Å²) in [5, 5.41) is 3.00. The van der Waals surface area contributed by atoms with Crippen molar-refractivity contribution < 1.29 is 9.59 Å². The van der Waals surface area contributed by atoms with Crippen molar-refractivity contribution in [1.82, 2.24) is 5.32 Å². The first kappa shape index (κ1) is 19.9. The van der Waals surface area contributed by atoms with Gasteiger partial charge in [-0.15, -0.1) is 0 Å². The molecule has 1 aliphatic rings. The third-order valence-corrected chi connectivity index (χ3v) is 5.58. The Morgan fingerprint density at radius 3 is 2.37 bits per heavy atom. The van der Waals surface area contributed by atoms with E-state index in [-0.39, 0.29) is 17.9 Å². The van der Waals surface area contributed by atoms with Crippen LogP contribution in [0.1, 0.15) is 40.4 Å². The summed E-state index contributed by atoms with van der Waals surface area (Å²) in [5.41, 5.74) is 4.98. The number of hydrogen-bond acceptors (Lipinski definition) is 2. The molecule has 3 aromatic rings. The van der Waals surface area contributed by atoms with E-state index in [1.54, 1.807) is 0 Å². The van der Waals surface area contributed by atoms with Gasteiger partial charge in [0.15, 0.2) is 0 Å². The zero-order valence-corrected chi connectivity index (χ0v) is 17.2. The third kappa shape index (κ3) is 4.43. The molecular formula is C26H26N2O2. The Morgan fingerprint density at radius 1 is 0.933 bits per heavy atom. The summed E-state index contributed by atoms with van der Waals surface area (Å²) in [6, 6.07) is 25.7. The number of carbonyl (C=O) groups is 2. The summed E-state index contributed by atoms with van der Waals surface area (Å²) in [7, 11) is 0. The van der Waals surface area contributed by atoms with Gasteiger partial charge in [-0.25, -0.2) is 0 Å². The van der Waals surface area contributed by atoms with Crippen LogP contribution in [0.15, 0.2) is 78.9 Å². The molecule has 0 saturated heterocycles. The molecule has 0 aliphatic carbocycles. The van der Waals surface area contributed by atoms with Crippen molar-refractivity contribution in [2.45, 2.75) is 38.8 Å². The molecule has 3 aromatic carbocycles. The summed E-state index contributed by atoms with van der Waals surface area (Å²) in [6.07, 6.45) is 2.04. The molecule has 152 valence electrons. The highest BCUT2D eigenvalue weighted by molar-refractivity contribution is 6.07. The van der Waals surface area contributed by atoms with Gasteiger partial charge < -0.3 is 10.2 Å². The molecule has 1 N–H and O–H groups in total. The van der Waals surface area contributed by atoms with E-state index in [9.17, 15) is 9.59 Å². The number of carbonyl (C=O) groups excluding carboxylic acids is 2. The van der Waals surface area contributed by atoms with E-state index in [0.29, 0.717) is 18.5 Å². The Balaban J connectivity index is 1.41. The first-order chi connectivity index (χ1) is 14.6. The van der Waals surface area contributed by atoms with Crippen molar-refractivity contribution in [3.05, 3.63) is 101 Å². The minimum atomic E-state index is 0.0193. The van der Waals surface area contributed by atoms with Crippen molar-refractivity contribution in [3.8, 4) is 0 Å². The van der Waals surface area contributed by atoms with Crippen LogP contribution in [0, 0.1) is 0 Å². The predicted molar refractivity (Wildman–Crippen MR) is 119 cm³/mol. The number of nitrogens with zero attached hydrogens (tertiary/aromatic N) is 1. The van der Waals surface area contributed by atoms with Gasteiger partial charge in [0.05, 0.1) is 0 Å². The fourth-order valence-electron chi connectivity index (χ4n) is 3.98. The van der Waals surface area contributed by atoms with Crippen LogP contribution in [0.3, 0.4) is 0 Å². The number of nitrogens with one attached hydrogen (secondary N) is 1. The van der Waals surface area contributed by atoms with Crippen molar-refractivity contribution >= 4 is 17.5 Å². The predicted octanol–water partition coefficient (Wildman–Crippen LogP) is 4.53. The SMILES string of the molecule is C[C@H]1Cc2ccc(CNC(=O)CCc3ccccc3)cc2N1C(=O)c1ccccc1. The van der Waals surface area contributed by atoms with Gasteiger partial charge in [-0.2, -0.15) is 0 Å². The van der Waals surface area contributed by atoms with E-state index >= 15 is 0 Å². The number of benzene rings is 3. The molecule has 1 atom stereocenters. The molecule has 4 heteroatoms. The van der Waals surface area contributed by atoms with Gasteiger partial charge in [-0.1, -0.05) is 60.7 Å². The maximum Gasteiger partial charge on any atom is 0.258 e. The molecule has 0 unspecified atom stereocenters. The molecule has 0 fully saturated rings. The highest BCUT2D eigenvalue weighted by atomic mass is 16.2. The first-order valence-corrected chi connectivity index (χ1v) is 10.4. The van der Waals surface area contributed by atoms with Crippen LogP contribution in [0.25, 0.3) is 0 Å². The molecule has 0 bridgehead atoms. The number of amides is 2. The summed E-state index contributed by atoms with van der Waals surface area (Å²) in [4.78, 5) is 27.2. The van der Waals surface area contributed by atoms with Crippen LogP contribution >= 0.6 is 0 Å². The molecule has 0 radical (unpaired) electrons. The zero-order valence-electron chi connectivity index (χ0n) is 17.2. The number of fused-ring (bicyclic) bond motifs is 1. The minimum Gasteiger partial charge on any atom is -0.352 e. The number of rotatable bonds is 6. The van der Waals surface area contributed by atoms with Crippen LogP contribution < -0.4 is 10.2 Å². The number of aryl methyl sites for hydroxylation is 1. The smallest absolute Gasteiger partial charge is 0.258 e. The van der Waals surface area contributed by atoms with Crippen LogP contribution in [-0.2, 0) is 24.2 Å². The zero-order chi connectivity index (χ0) is 20.9. The maximum absolute atomic E-state index is 13.1. The van der Waals surface area contributed by atoms with E-state index < -0.39 is 0 Å². The van der Waals surface area contributed by atoms with E-state index in [4.69, 9.17) is 0 Å². The second-order valence-electron chi connectivity index (χ2n) is 7.82. The standard InChI is InChI=1S/C26H26N2O2/c1-19-16-23-14-12-21(18-27-25(29)15-13-20-8-4-2-5-9-20)17-24(23)28(19)26(30)22-10-6-3-7-11-22/h2-12,14,17,19H,13,15-16,18H2,1H3,(H,27,29)/t19-/m0/s1. The van der Waals surface area contributed by atoms with E-state index in [1.165, 1.54) is 5.56 Å². The number of hydrogen-bond donors (Lipinski definition) is 1. The number of anilines is 1. The summed E-state index contributed by atoms with van der Waals surface area (Å²) in [5.74, 6) is 0.0517. The molecule has 1 heterocycles. The summed E-state index contributed by atoms with van der Waals surface area (Å²) < 4.78 is 0. The van der Waals surface area contributed by atoms with Crippen LogP contribution in [0.5, 0.6) is 0 Å². The Kier molecular flexibility index (Phi) is 5.94. The second-order valence-corrected chi connectivity index (χ2v) is 7.82. The van der Waals surface area contributed by atoms with E-state index in [0.717, 1.165) is 29.7 Å². The fraction of sp³-hybridized carbons (Fsp3) is 0.231. The third-order valence-electron chi connectivity index (χ3n) is 5.58. The topological polar surface area (TPSA) is 49.4 Å². The molecular weight excluding hydrogens is 372 g/mol. The molecule has 4 rings (SSSR count). The largest absolute Gasteiger partial charge is 0.352 e. The van der Waals surface area contributed by atoms with E-state index in [1.807, 2.05) is 77.7 Å². The molecule has 0 aromatic heterocycles. The molecule has 1 aliphatic heterocycles. The lowest BCUT2D eigenvalue weighted by atomic mass is 10.1. The molecule has 30 heavy (non-hydrogen) atoms.